The van der Waals surface area contributed by atoms with Crippen molar-refractivity contribution in [3.63, 3.8) is 0 Å². The number of ether oxygens (including phenoxy) is 3. The monoisotopic (exact) mass is 551 g/mol. The summed E-state index contributed by atoms with van der Waals surface area (Å²) < 4.78 is 44.4. The Balaban J connectivity index is 1.38. The molecule has 0 amide bonds. The van der Waals surface area contributed by atoms with Crippen molar-refractivity contribution in [1.82, 2.24) is 9.62 Å². The Hall–Kier alpha value is -0.490. The molecule has 200 valence electrons. The first-order chi connectivity index (χ1) is 16.8. The Morgan fingerprint density at radius 3 is 2.29 bits per heavy atom. The lowest BCUT2D eigenvalue weighted by molar-refractivity contribution is 0.0171. The van der Waals surface area contributed by atoms with E-state index >= 15 is 0 Å². The van der Waals surface area contributed by atoms with Crippen LogP contribution in [0.5, 0.6) is 0 Å². The molecule has 1 fully saturated rings. The third-order valence-electron chi connectivity index (χ3n) is 6.81. The smallest absolute Gasteiger partial charge is 0.214 e. The van der Waals surface area contributed by atoms with Gasteiger partial charge < -0.3 is 24.8 Å². The Kier molecular flexibility index (Phi) is 12.0. The Bertz CT molecular complexity index is 897. The zero-order valence-corrected chi connectivity index (χ0v) is 22.8. The van der Waals surface area contributed by atoms with Gasteiger partial charge in [0.05, 0.1) is 44.9 Å². The van der Waals surface area contributed by atoms with E-state index < -0.39 is 10.0 Å². The molecule has 0 spiro atoms. The maximum Gasteiger partial charge on any atom is 0.214 e. The van der Waals surface area contributed by atoms with E-state index in [-0.39, 0.29) is 11.8 Å². The molecular formula is C24H39Cl2N3O5S. The number of benzene rings is 1. The molecular weight excluding hydrogens is 513 g/mol. The van der Waals surface area contributed by atoms with Gasteiger partial charge in [-0.15, -0.1) is 0 Å². The van der Waals surface area contributed by atoms with Gasteiger partial charge in [0.1, 0.15) is 0 Å². The average molecular weight is 553 g/mol. The summed E-state index contributed by atoms with van der Waals surface area (Å²) in [6, 6.07) is 3.86. The second kappa shape index (κ2) is 14.4. The molecule has 3 N–H and O–H groups in total. The molecule has 0 saturated heterocycles. The van der Waals surface area contributed by atoms with E-state index in [1.165, 1.54) is 5.56 Å². The van der Waals surface area contributed by atoms with Gasteiger partial charge in [-0.25, -0.2) is 13.1 Å². The summed E-state index contributed by atoms with van der Waals surface area (Å²) in [5, 5.41) is 1.02. The molecule has 0 unspecified atom stereocenters. The minimum absolute atomic E-state index is 0.264. The fraction of sp³-hybridized carbons (Fsp3) is 0.750. The largest absolute Gasteiger partial charge is 0.378 e. The summed E-state index contributed by atoms with van der Waals surface area (Å²) in [6.45, 7) is 5.20. The number of nitrogens with zero attached hydrogens (tertiary/aromatic N) is 1. The second-order valence-electron chi connectivity index (χ2n) is 9.36. The fourth-order valence-electron chi connectivity index (χ4n) is 5.09. The number of nitrogens with one attached hydrogen (secondary N) is 1. The van der Waals surface area contributed by atoms with Gasteiger partial charge in [0.25, 0.3) is 0 Å². The minimum Gasteiger partial charge on any atom is -0.378 e. The highest BCUT2D eigenvalue weighted by Gasteiger charge is 2.37. The van der Waals surface area contributed by atoms with Crippen molar-refractivity contribution in [2.75, 3.05) is 66.3 Å². The molecule has 0 aromatic heterocycles. The van der Waals surface area contributed by atoms with Gasteiger partial charge in [0.2, 0.25) is 10.0 Å². The number of likely N-dealkylation sites (N-methyl/N-ethyl adjacent to an activating group) is 1. The van der Waals surface area contributed by atoms with Gasteiger partial charge >= 0.3 is 0 Å². The van der Waals surface area contributed by atoms with Gasteiger partial charge in [0.15, 0.2) is 0 Å². The van der Waals surface area contributed by atoms with Crippen molar-refractivity contribution in [2.24, 2.45) is 11.7 Å². The van der Waals surface area contributed by atoms with Crippen LogP contribution in [0.15, 0.2) is 12.1 Å². The second-order valence-corrected chi connectivity index (χ2v) is 12.2. The van der Waals surface area contributed by atoms with Gasteiger partial charge in [0, 0.05) is 36.2 Å². The average Bonchev–Trinajstić information content (AvgIpc) is 2.83. The highest BCUT2D eigenvalue weighted by molar-refractivity contribution is 7.90. The molecule has 0 bridgehead atoms. The molecule has 1 aromatic rings. The first-order valence-corrected chi connectivity index (χ1v) is 14.7. The van der Waals surface area contributed by atoms with Gasteiger partial charge in [-0.05, 0) is 67.8 Å². The summed E-state index contributed by atoms with van der Waals surface area (Å²) in [6.07, 6.45) is 3.06. The van der Waals surface area contributed by atoms with Crippen molar-refractivity contribution >= 4 is 33.2 Å². The molecule has 1 aliphatic heterocycles. The number of hydrogen-bond donors (Lipinski definition) is 2. The van der Waals surface area contributed by atoms with Crippen LogP contribution in [-0.2, 0) is 30.8 Å². The van der Waals surface area contributed by atoms with E-state index in [9.17, 15) is 8.42 Å². The third-order valence-corrected chi connectivity index (χ3v) is 9.32. The Labute approximate surface area is 219 Å². The first-order valence-electron chi connectivity index (χ1n) is 12.4. The van der Waals surface area contributed by atoms with Crippen LogP contribution >= 0.6 is 23.2 Å². The zero-order chi connectivity index (χ0) is 25.3. The molecule has 11 heteroatoms. The van der Waals surface area contributed by atoms with Crippen molar-refractivity contribution in [3.05, 3.63) is 33.3 Å². The molecule has 2 aliphatic rings. The van der Waals surface area contributed by atoms with Crippen molar-refractivity contribution in [1.29, 1.82) is 0 Å². The Morgan fingerprint density at radius 2 is 1.63 bits per heavy atom. The first kappa shape index (κ1) is 29.1. The standard InChI is InChI=1S/C24H39Cl2N3O5S/c1-29-16-22(21-14-19(25)15-24(26)23(21)17-29)18-2-4-20(5-3-18)35(30,31)28-7-9-33-11-13-34-12-10-32-8-6-27/h14-15,18,20,22,28H,2-13,16-17,27H2,1H3/t18?,20?,22-/m0/s1. The summed E-state index contributed by atoms with van der Waals surface area (Å²) in [7, 11) is -1.27. The van der Waals surface area contributed by atoms with Gasteiger partial charge in [-0.2, -0.15) is 0 Å². The summed E-state index contributed by atoms with van der Waals surface area (Å²) in [4.78, 5) is 2.29. The maximum atomic E-state index is 12.8. The van der Waals surface area contributed by atoms with Gasteiger partial charge in [-0.3, -0.25) is 0 Å². The van der Waals surface area contributed by atoms with Crippen LogP contribution in [0.2, 0.25) is 10.0 Å². The van der Waals surface area contributed by atoms with Crippen LogP contribution in [0.1, 0.15) is 42.7 Å². The Morgan fingerprint density at radius 1 is 1.00 bits per heavy atom. The number of rotatable bonds is 14. The topological polar surface area (TPSA) is 103 Å². The quantitative estimate of drug-likeness (QED) is 0.342. The molecule has 3 rings (SSSR count). The lowest BCUT2D eigenvalue weighted by Crippen LogP contribution is -2.40. The number of hydrogen-bond acceptors (Lipinski definition) is 7. The molecule has 1 saturated carbocycles. The molecule has 1 atom stereocenters. The molecule has 0 radical (unpaired) electrons. The van der Waals surface area contributed by atoms with Crippen LogP contribution in [0, 0.1) is 5.92 Å². The molecule has 35 heavy (non-hydrogen) atoms. The predicted octanol–water partition coefficient (Wildman–Crippen LogP) is 3.01. The van der Waals surface area contributed by atoms with Crippen LogP contribution in [-0.4, -0.2) is 84.9 Å². The van der Waals surface area contributed by atoms with Crippen LogP contribution in [0.3, 0.4) is 0 Å². The molecule has 1 heterocycles. The highest BCUT2D eigenvalue weighted by atomic mass is 35.5. The summed E-state index contributed by atoms with van der Waals surface area (Å²) in [5.74, 6) is 0.737. The minimum atomic E-state index is -3.37. The van der Waals surface area contributed by atoms with E-state index in [1.807, 2.05) is 12.1 Å². The fourth-order valence-corrected chi connectivity index (χ4v) is 7.16. The third kappa shape index (κ3) is 8.79. The molecule has 1 aliphatic carbocycles. The summed E-state index contributed by atoms with van der Waals surface area (Å²) in [5.41, 5.74) is 7.72. The van der Waals surface area contributed by atoms with E-state index in [1.54, 1.807) is 0 Å². The van der Waals surface area contributed by atoms with Crippen molar-refractivity contribution in [2.45, 2.75) is 43.4 Å². The van der Waals surface area contributed by atoms with Crippen LogP contribution in [0.25, 0.3) is 0 Å². The number of sulfonamides is 1. The molecule has 1 aromatic carbocycles. The molecule has 8 nitrogen and oxygen atoms in total. The lowest BCUT2D eigenvalue weighted by Gasteiger charge is -2.40. The zero-order valence-electron chi connectivity index (χ0n) is 20.5. The summed E-state index contributed by atoms with van der Waals surface area (Å²) >= 11 is 12.8. The van der Waals surface area contributed by atoms with E-state index in [4.69, 9.17) is 43.1 Å². The lowest BCUT2D eigenvalue weighted by atomic mass is 9.74. The van der Waals surface area contributed by atoms with Gasteiger partial charge in [-0.1, -0.05) is 23.2 Å². The van der Waals surface area contributed by atoms with Crippen LogP contribution in [0.4, 0.5) is 0 Å². The van der Waals surface area contributed by atoms with E-state index in [2.05, 4.69) is 16.7 Å². The predicted molar refractivity (Wildman–Crippen MR) is 140 cm³/mol. The SMILES string of the molecule is CN1Cc2c(Cl)cc(Cl)cc2[C@H](C2CCC(S(=O)(=O)NCCOCCOCCOCCN)CC2)C1. The van der Waals surface area contributed by atoms with Crippen LogP contribution < -0.4 is 10.5 Å². The maximum absolute atomic E-state index is 12.8. The highest BCUT2D eigenvalue weighted by Crippen LogP contribution is 2.43. The van der Waals surface area contributed by atoms with E-state index in [0.717, 1.165) is 36.5 Å². The number of halogens is 2. The van der Waals surface area contributed by atoms with Crippen molar-refractivity contribution < 1.29 is 22.6 Å². The van der Waals surface area contributed by atoms with Crippen molar-refractivity contribution in [3.8, 4) is 0 Å². The number of fused-ring (bicyclic) bond motifs is 1. The number of nitrogens with two attached hydrogens (primary N) is 1. The van der Waals surface area contributed by atoms with E-state index in [0.29, 0.717) is 75.9 Å². The normalized spacial score (nSPS) is 23.4.